The first kappa shape index (κ1) is 20.1. The van der Waals surface area contributed by atoms with Gasteiger partial charge in [0.25, 0.3) is 0 Å². The molecule has 1 amide bonds. The van der Waals surface area contributed by atoms with Gasteiger partial charge in [0.2, 0.25) is 5.91 Å². The van der Waals surface area contributed by atoms with Gasteiger partial charge in [-0.2, -0.15) is 0 Å². The van der Waals surface area contributed by atoms with Gasteiger partial charge in [-0.1, -0.05) is 42.1 Å². The highest BCUT2D eigenvalue weighted by molar-refractivity contribution is 8.00. The second-order valence-corrected chi connectivity index (χ2v) is 8.86. The minimum atomic E-state index is -0.176. The van der Waals surface area contributed by atoms with E-state index in [0.29, 0.717) is 31.4 Å². The number of hydrogen-bond acceptors (Lipinski definition) is 6. The molecule has 6 nitrogen and oxygen atoms in total. The zero-order valence-electron chi connectivity index (χ0n) is 17.5. The molecule has 0 N–H and O–H groups in total. The lowest BCUT2D eigenvalue weighted by Crippen LogP contribution is -2.44. The van der Waals surface area contributed by atoms with Crippen molar-refractivity contribution in [2.24, 2.45) is 0 Å². The summed E-state index contributed by atoms with van der Waals surface area (Å²) < 4.78 is 11.8. The van der Waals surface area contributed by atoms with Crippen molar-refractivity contribution in [2.45, 2.75) is 36.8 Å². The fourth-order valence-corrected chi connectivity index (χ4v) is 4.66. The van der Waals surface area contributed by atoms with Gasteiger partial charge in [-0.05, 0) is 38.0 Å². The van der Waals surface area contributed by atoms with Gasteiger partial charge >= 0.3 is 0 Å². The average Bonchev–Trinajstić information content (AvgIpc) is 3.66. The van der Waals surface area contributed by atoms with E-state index in [2.05, 4.69) is 0 Å². The summed E-state index contributed by atoms with van der Waals surface area (Å²) >= 11 is 1.50. The molecule has 1 aliphatic heterocycles. The van der Waals surface area contributed by atoms with Crippen LogP contribution in [0, 0.1) is 0 Å². The Morgan fingerprint density at radius 2 is 1.87 bits per heavy atom. The summed E-state index contributed by atoms with van der Waals surface area (Å²) in [5.41, 5.74) is 0.952. The number of benzene rings is 2. The summed E-state index contributed by atoms with van der Waals surface area (Å²) in [6.45, 7) is 3.56. The van der Waals surface area contributed by atoms with Gasteiger partial charge in [0, 0.05) is 17.8 Å². The van der Waals surface area contributed by atoms with Crippen LogP contribution >= 0.6 is 11.8 Å². The maximum Gasteiger partial charge on any atom is 0.233 e. The zero-order valence-corrected chi connectivity index (χ0v) is 18.3. The van der Waals surface area contributed by atoms with Gasteiger partial charge in [0.05, 0.1) is 17.8 Å². The van der Waals surface area contributed by atoms with Crippen molar-refractivity contribution in [3.05, 3.63) is 54.4 Å². The van der Waals surface area contributed by atoms with Crippen molar-refractivity contribution in [2.75, 3.05) is 25.4 Å². The number of fused-ring (bicyclic) bond motifs is 2. The number of amides is 1. The van der Waals surface area contributed by atoms with Gasteiger partial charge < -0.3 is 14.4 Å². The Labute approximate surface area is 186 Å². The van der Waals surface area contributed by atoms with Crippen LogP contribution < -0.4 is 9.47 Å². The fraction of sp³-hybridized carbons (Fsp3) is 0.375. The number of carbonyl (C=O) groups is 1. The van der Waals surface area contributed by atoms with Crippen molar-refractivity contribution < 1.29 is 14.3 Å². The summed E-state index contributed by atoms with van der Waals surface area (Å²) in [5, 5.41) is 1.90. The number of thioether (sulfide) groups is 1. The molecule has 1 unspecified atom stereocenters. The Bertz CT molecular complexity index is 1100. The third kappa shape index (κ3) is 4.46. The predicted octanol–water partition coefficient (Wildman–Crippen LogP) is 4.29. The molecule has 31 heavy (non-hydrogen) atoms. The first-order valence-electron chi connectivity index (χ1n) is 10.8. The first-order chi connectivity index (χ1) is 15.2. The molecule has 1 atom stereocenters. The van der Waals surface area contributed by atoms with E-state index in [0.717, 1.165) is 46.1 Å². The van der Waals surface area contributed by atoms with Gasteiger partial charge in [0.15, 0.2) is 17.6 Å². The molecule has 1 fully saturated rings. The highest BCUT2D eigenvalue weighted by Gasteiger charge is 2.28. The third-order valence-electron chi connectivity index (χ3n) is 5.59. The van der Waals surface area contributed by atoms with Crippen molar-refractivity contribution >= 4 is 28.6 Å². The van der Waals surface area contributed by atoms with Crippen LogP contribution in [0.4, 0.5) is 0 Å². The number of rotatable bonds is 7. The molecule has 3 aromatic rings. The van der Waals surface area contributed by atoms with Crippen molar-refractivity contribution in [1.29, 1.82) is 0 Å². The Morgan fingerprint density at radius 1 is 1.10 bits per heavy atom. The number of aromatic nitrogens is 2. The smallest absolute Gasteiger partial charge is 0.233 e. The molecule has 1 saturated carbocycles. The van der Waals surface area contributed by atoms with E-state index in [-0.39, 0.29) is 12.0 Å². The van der Waals surface area contributed by atoms with E-state index in [1.165, 1.54) is 11.8 Å². The molecule has 1 aliphatic carbocycles. The van der Waals surface area contributed by atoms with E-state index < -0.39 is 0 Å². The van der Waals surface area contributed by atoms with Crippen LogP contribution in [0.3, 0.4) is 0 Å². The van der Waals surface area contributed by atoms with E-state index in [1.807, 2.05) is 60.4 Å². The number of nitrogens with zero attached hydrogens (tertiary/aromatic N) is 3. The van der Waals surface area contributed by atoms with E-state index >= 15 is 0 Å². The molecule has 0 spiro atoms. The van der Waals surface area contributed by atoms with Crippen LogP contribution in [0.15, 0.2) is 53.6 Å². The monoisotopic (exact) mass is 435 g/mol. The zero-order chi connectivity index (χ0) is 21.2. The second-order valence-electron chi connectivity index (χ2n) is 7.90. The number of hydrogen-bond donors (Lipinski definition) is 0. The van der Waals surface area contributed by atoms with Crippen molar-refractivity contribution in [1.82, 2.24) is 14.9 Å². The van der Waals surface area contributed by atoms with Gasteiger partial charge in [-0.25, -0.2) is 9.97 Å². The highest BCUT2D eigenvalue weighted by atomic mass is 32.2. The van der Waals surface area contributed by atoms with E-state index in [4.69, 9.17) is 19.4 Å². The second kappa shape index (κ2) is 8.75. The van der Waals surface area contributed by atoms with Crippen LogP contribution in [0.2, 0.25) is 0 Å². The molecule has 2 aliphatic rings. The van der Waals surface area contributed by atoms with Crippen LogP contribution in [-0.4, -0.2) is 52.3 Å². The molecule has 2 heterocycles. The van der Waals surface area contributed by atoms with Crippen LogP contribution in [0.25, 0.3) is 10.9 Å². The summed E-state index contributed by atoms with van der Waals surface area (Å²) in [5.74, 6) is 3.28. The summed E-state index contributed by atoms with van der Waals surface area (Å²) in [6.07, 6.45) is 2.12. The van der Waals surface area contributed by atoms with E-state index in [1.54, 1.807) is 0 Å². The Balaban J connectivity index is 1.25. The van der Waals surface area contributed by atoms with Gasteiger partial charge in [-0.15, -0.1) is 0 Å². The average molecular weight is 436 g/mol. The van der Waals surface area contributed by atoms with Gasteiger partial charge in [-0.3, -0.25) is 4.79 Å². The quantitative estimate of drug-likeness (QED) is 0.408. The lowest BCUT2D eigenvalue weighted by molar-refractivity contribution is -0.129. The molecule has 0 saturated heterocycles. The minimum absolute atomic E-state index is 0.0747. The summed E-state index contributed by atoms with van der Waals surface area (Å²) in [6, 6.07) is 15.7. The lowest BCUT2D eigenvalue weighted by atomic mass is 10.2. The predicted molar refractivity (Wildman–Crippen MR) is 121 cm³/mol. The number of para-hydroxylation sites is 3. The molecule has 160 valence electrons. The molecule has 2 aromatic carbocycles. The topological polar surface area (TPSA) is 64.6 Å². The van der Waals surface area contributed by atoms with Crippen LogP contribution in [0.5, 0.6) is 11.5 Å². The SMILES string of the molecule is CCN(CC1COc2ccccc2O1)C(=O)CSc1nc(C2CC2)nc2ccccc12. The van der Waals surface area contributed by atoms with Crippen LogP contribution in [-0.2, 0) is 4.79 Å². The maximum absolute atomic E-state index is 13.0. The molecular weight excluding hydrogens is 410 g/mol. The largest absolute Gasteiger partial charge is 0.486 e. The molecule has 0 radical (unpaired) electrons. The van der Waals surface area contributed by atoms with Crippen LogP contribution in [0.1, 0.15) is 31.5 Å². The molecular formula is C24H25N3O3S. The van der Waals surface area contributed by atoms with Crippen molar-refractivity contribution in [3.8, 4) is 11.5 Å². The first-order valence-corrected chi connectivity index (χ1v) is 11.8. The Morgan fingerprint density at radius 3 is 2.68 bits per heavy atom. The van der Waals surface area contributed by atoms with Crippen molar-refractivity contribution in [3.63, 3.8) is 0 Å². The third-order valence-corrected chi connectivity index (χ3v) is 6.56. The number of carbonyl (C=O) groups excluding carboxylic acids is 1. The van der Waals surface area contributed by atoms with Gasteiger partial charge in [0.1, 0.15) is 17.5 Å². The number of ether oxygens (including phenoxy) is 2. The minimum Gasteiger partial charge on any atom is -0.486 e. The molecule has 1 aromatic heterocycles. The summed E-state index contributed by atoms with van der Waals surface area (Å²) in [4.78, 5) is 24.4. The molecule has 7 heteroatoms. The molecule has 0 bridgehead atoms. The Kier molecular flexibility index (Phi) is 5.68. The lowest BCUT2D eigenvalue weighted by Gasteiger charge is -2.30. The maximum atomic E-state index is 13.0. The standard InChI is InChI=1S/C24H25N3O3S/c1-2-27(13-17-14-29-20-9-5-6-10-21(20)30-17)22(28)15-31-24-18-7-3-4-8-19(18)25-23(26-24)16-11-12-16/h3-10,16-17H,2,11-15H2,1H3. The normalized spacial score (nSPS) is 17.5. The number of likely N-dealkylation sites (N-methyl/N-ethyl adjacent to an activating group) is 1. The fourth-order valence-electron chi connectivity index (χ4n) is 3.73. The Hall–Kier alpha value is -2.80. The molecule has 5 rings (SSSR count). The highest BCUT2D eigenvalue weighted by Crippen LogP contribution is 2.40. The summed E-state index contributed by atoms with van der Waals surface area (Å²) in [7, 11) is 0. The van der Waals surface area contributed by atoms with E-state index in [9.17, 15) is 4.79 Å².